The Labute approximate surface area is 118 Å². The maximum atomic E-state index is 11.7. The van der Waals surface area contributed by atoms with Crippen molar-refractivity contribution >= 4 is 17.5 Å². The summed E-state index contributed by atoms with van der Waals surface area (Å²) in [5.74, 6) is 0.0116. The van der Waals surface area contributed by atoms with Crippen molar-refractivity contribution in [3.63, 3.8) is 0 Å². The minimum atomic E-state index is -0.237. The van der Waals surface area contributed by atoms with Crippen LogP contribution >= 0.6 is 0 Å². The van der Waals surface area contributed by atoms with Crippen molar-refractivity contribution in [2.75, 3.05) is 18.5 Å². The molecule has 0 saturated carbocycles. The average molecular weight is 276 g/mol. The lowest BCUT2D eigenvalue weighted by molar-refractivity contribution is 0.101. The Kier molecular flexibility index (Phi) is 5.12. The molecule has 1 aromatic rings. The van der Waals surface area contributed by atoms with Gasteiger partial charge >= 0.3 is 6.03 Å². The lowest BCUT2D eigenvalue weighted by Gasteiger charge is -2.11. The first-order valence-electron chi connectivity index (χ1n) is 6.92. The number of ether oxygens (including phenoxy) is 1. The predicted molar refractivity (Wildman–Crippen MR) is 77.1 cm³/mol. The molecule has 2 N–H and O–H groups in total. The van der Waals surface area contributed by atoms with Crippen molar-refractivity contribution in [2.24, 2.45) is 0 Å². The standard InChI is InChI=1S/C15H20N2O3/c1-11(18)12-4-6-13(7-5-12)17-15(19)16-9-8-14-3-2-10-20-14/h4-7,14H,2-3,8-10H2,1H3,(H2,16,17,19)/t14-/m0/s1. The molecular weight excluding hydrogens is 256 g/mol. The summed E-state index contributed by atoms with van der Waals surface area (Å²) in [7, 11) is 0. The molecule has 0 bridgehead atoms. The molecule has 1 saturated heterocycles. The highest BCUT2D eigenvalue weighted by Crippen LogP contribution is 2.14. The Hall–Kier alpha value is -1.88. The Morgan fingerprint density at radius 2 is 2.05 bits per heavy atom. The van der Waals surface area contributed by atoms with E-state index in [1.54, 1.807) is 24.3 Å². The van der Waals surface area contributed by atoms with E-state index in [0.717, 1.165) is 25.9 Å². The van der Waals surface area contributed by atoms with Gasteiger partial charge in [0.2, 0.25) is 0 Å². The van der Waals surface area contributed by atoms with Crippen molar-refractivity contribution < 1.29 is 14.3 Å². The molecule has 1 heterocycles. The largest absolute Gasteiger partial charge is 0.378 e. The zero-order chi connectivity index (χ0) is 14.4. The van der Waals surface area contributed by atoms with Crippen LogP contribution in [0.2, 0.25) is 0 Å². The molecule has 5 heteroatoms. The second-order valence-electron chi connectivity index (χ2n) is 4.94. The van der Waals surface area contributed by atoms with E-state index in [1.807, 2.05) is 0 Å². The fraction of sp³-hybridized carbons (Fsp3) is 0.467. The first-order chi connectivity index (χ1) is 9.65. The number of carbonyl (C=O) groups excluding carboxylic acids is 2. The highest BCUT2D eigenvalue weighted by atomic mass is 16.5. The van der Waals surface area contributed by atoms with Crippen LogP contribution in [0.25, 0.3) is 0 Å². The van der Waals surface area contributed by atoms with Gasteiger partial charge in [-0.25, -0.2) is 4.79 Å². The summed E-state index contributed by atoms with van der Waals surface area (Å²) in [4.78, 5) is 22.8. The van der Waals surface area contributed by atoms with E-state index in [1.165, 1.54) is 6.92 Å². The summed E-state index contributed by atoms with van der Waals surface area (Å²) < 4.78 is 5.48. The maximum Gasteiger partial charge on any atom is 0.319 e. The van der Waals surface area contributed by atoms with E-state index in [0.29, 0.717) is 17.8 Å². The number of Topliss-reactive ketones (excluding diaryl/α,β-unsaturated/α-hetero) is 1. The quantitative estimate of drug-likeness (QED) is 0.812. The van der Waals surface area contributed by atoms with Crippen LogP contribution < -0.4 is 10.6 Å². The van der Waals surface area contributed by atoms with E-state index in [2.05, 4.69) is 10.6 Å². The summed E-state index contributed by atoms with van der Waals surface area (Å²) in [6.45, 7) is 2.95. The third-order valence-corrected chi connectivity index (χ3v) is 3.33. The van der Waals surface area contributed by atoms with Gasteiger partial charge in [0.05, 0.1) is 6.10 Å². The number of benzene rings is 1. The van der Waals surface area contributed by atoms with Crippen LogP contribution in [-0.2, 0) is 4.74 Å². The number of urea groups is 1. The monoisotopic (exact) mass is 276 g/mol. The summed E-state index contributed by atoms with van der Waals surface area (Å²) in [6, 6.07) is 6.60. The van der Waals surface area contributed by atoms with Gasteiger partial charge in [-0.1, -0.05) is 0 Å². The van der Waals surface area contributed by atoms with E-state index < -0.39 is 0 Å². The first-order valence-corrected chi connectivity index (χ1v) is 6.92. The molecule has 5 nitrogen and oxygen atoms in total. The van der Waals surface area contributed by atoms with Crippen LogP contribution in [0.3, 0.4) is 0 Å². The highest BCUT2D eigenvalue weighted by Gasteiger charge is 2.15. The molecule has 1 fully saturated rings. The normalized spacial score (nSPS) is 17.8. The van der Waals surface area contributed by atoms with Gasteiger partial charge in [-0.05, 0) is 50.5 Å². The highest BCUT2D eigenvalue weighted by molar-refractivity contribution is 5.95. The van der Waals surface area contributed by atoms with E-state index in [4.69, 9.17) is 4.74 Å². The number of rotatable bonds is 5. The number of amides is 2. The Bertz CT molecular complexity index is 465. The maximum absolute atomic E-state index is 11.7. The van der Waals surface area contributed by atoms with Gasteiger partial charge in [0.25, 0.3) is 0 Å². The molecule has 2 rings (SSSR count). The van der Waals surface area contributed by atoms with Crippen LogP contribution in [0.4, 0.5) is 10.5 Å². The van der Waals surface area contributed by atoms with Crippen LogP contribution in [0, 0.1) is 0 Å². The van der Waals surface area contributed by atoms with Crippen LogP contribution in [0.5, 0.6) is 0 Å². The molecule has 0 unspecified atom stereocenters. The summed E-state index contributed by atoms with van der Waals surface area (Å²) in [6.07, 6.45) is 3.32. The summed E-state index contributed by atoms with van der Waals surface area (Å²) in [5.41, 5.74) is 1.30. The van der Waals surface area contributed by atoms with Crippen molar-refractivity contribution in [3.05, 3.63) is 29.8 Å². The number of hydrogen-bond donors (Lipinski definition) is 2. The lowest BCUT2D eigenvalue weighted by Crippen LogP contribution is -2.31. The molecule has 0 aromatic heterocycles. The number of nitrogens with one attached hydrogen (secondary N) is 2. The minimum Gasteiger partial charge on any atom is -0.378 e. The molecule has 0 aliphatic carbocycles. The van der Waals surface area contributed by atoms with Gasteiger partial charge in [-0.2, -0.15) is 0 Å². The smallest absolute Gasteiger partial charge is 0.319 e. The molecular formula is C15H20N2O3. The SMILES string of the molecule is CC(=O)c1ccc(NC(=O)NCC[C@@H]2CCCO2)cc1. The zero-order valence-corrected chi connectivity index (χ0v) is 11.6. The second kappa shape index (κ2) is 7.05. The number of carbonyl (C=O) groups is 2. The number of hydrogen-bond acceptors (Lipinski definition) is 3. The Balaban J connectivity index is 1.71. The minimum absolute atomic E-state index is 0.0116. The molecule has 0 spiro atoms. The van der Waals surface area contributed by atoms with Gasteiger partial charge in [-0.3, -0.25) is 4.79 Å². The number of ketones is 1. The lowest BCUT2D eigenvalue weighted by atomic mass is 10.1. The van der Waals surface area contributed by atoms with Gasteiger partial charge in [0.1, 0.15) is 0 Å². The molecule has 1 aliphatic rings. The molecule has 1 aliphatic heterocycles. The van der Waals surface area contributed by atoms with Gasteiger partial charge in [-0.15, -0.1) is 0 Å². The summed E-state index contributed by atoms with van der Waals surface area (Å²) in [5, 5.41) is 5.53. The topological polar surface area (TPSA) is 67.4 Å². The van der Waals surface area contributed by atoms with Gasteiger partial charge in [0.15, 0.2) is 5.78 Å². The van der Waals surface area contributed by atoms with Crippen molar-refractivity contribution in [1.29, 1.82) is 0 Å². The molecule has 1 aromatic carbocycles. The van der Waals surface area contributed by atoms with Crippen molar-refractivity contribution in [1.82, 2.24) is 5.32 Å². The first kappa shape index (κ1) is 14.5. The van der Waals surface area contributed by atoms with Crippen LogP contribution in [0.15, 0.2) is 24.3 Å². The predicted octanol–water partition coefficient (Wildman–Crippen LogP) is 2.58. The van der Waals surface area contributed by atoms with E-state index >= 15 is 0 Å². The third kappa shape index (κ3) is 4.35. The Morgan fingerprint density at radius 1 is 1.30 bits per heavy atom. The molecule has 0 radical (unpaired) electrons. The number of anilines is 1. The Morgan fingerprint density at radius 3 is 2.65 bits per heavy atom. The molecule has 1 atom stereocenters. The summed E-state index contributed by atoms with van der Waals surface area (Å²) >= 11 is 0. The molecule has 2 amide bonds. The van der Waals surface area contributed by atoms with Crippen molar-refractivity contribution in [3.8, 4) is 0 Å². The van der Waals surface area contributed by atoms with Gasteiger partial charge < -0.3 is 15.4 Å². The fourth-order valence-corrected chi connectivity index (χ4v) is 2.18. The van der Waals surface area contributed by atoms with Gasteiger partial charge in [0, 0.05) is 24.4 Å². The third-order valence-electron chi connectivity index (χ3n) is 3.33. The van der Waals surface area contributed by atoms with E-state index in [-0.39, 0.29) is 17.9 Å². The molecule has 20 heavy (non-hydrogen) atoms. The van der Waals surface area contributed by atoms with E-state index in [9.17, 15) is 9.59 Å². The average Bonchev–Trinajstić information content (AvgIpc) is 2.92. The zero-order valence-electron chi connectivity index (χ0n) is 11.6. The second-order valence-corrected chi connectivity index (χ2v) is 4.94. The molecule has 108 valence electrons. The van der Waals surface area contributed by atoms with Crippen molar-refractivity contribution in [2.45, 2.75) is 32.3 Å². The fourth-order valence-electron chi connectivity index (χ4n) is 2.18. The van der Waals surface area contributed by atoms with Crippen LogP contribution in [-0.4, -0.2) is 31.1 Å². The van der Waals surface area contributed by atoms with Crippen LogP contribution in [0.1, 0.15) is 36.5 Å².